The van der Waals surface area contributed by atoms with Gasteiger partial charge >= 0.3 is 0 Å². The molecule has 1 amide bonds. The molecule has 134 valence electrons. The highest BCUT2D eigenvalue weighted by Gasteiger charge is 2.12. The van der Waals surface area contributed by atoms with Crippen LogP contribution in [0.4, 0.5) is 5.69 Å². The van der Waals surface area contributed by atoms with Crippen LogP contribution in [-0.4, -0.2) is 21.1 Å². The number of thiophene rings is 1. The molecule has 3 heterocycles. The number of carbonyl (C=O) groups excluding carboxylic acids is 1. The van der Waals surface area contributed by atoms with E-state index in [0.717, 1.165) is 16.3 Å². The number of rotatable bonds is 6. The van der Waals surface area contributed by atoms with Crippen molar-refractivity contribution in [2.24, 2.45) is 0 Å². The Morgan fingerprint density at radius 1 is 1.11 bits per heavy atom. The van der Waals surface area contributed by atoms with Crippen LogP contribution in [0.5, 0.6) is 5.75 Å². The van der Waals surface area contributed by atoms with Crippen molar-refractivity contribution in [2.75, 3.05) is 5.32 Å². The van der Waals surface area contributed by atoms with Gasteiger partial charge < -0.3 is 10.1 Å². The topological polar surface area (TPSA) is 79.9 Å². The quantitative estimate of drug-likeness (QED) is 0.524. The van der Waals surface area contributed by atoms with Crippen molar-refractivity contribution in [2.45, 2.75) is 6.61 Å². The molecule has 7 heteroatoms. The van der Waals surface area contributed by atoms with E-state index in [1.807, 2.05) is 47.8 Å². The Morgan fingerprint density at radius 2 is 2.07 bits per heavy atom. The lowest BCUT2D eigenvalue weighted by atomic mass is 10.2. The second-order valence-corrected chi connectivity index (χ2v) is 6.68. The molecule has 27 heavy (non-hydrogen) atoms. The van der Waals surface area contributed by atoms with E-state index in [2.05, 4.69) is 20.5 Å². The first-order valence-corrected chi connectivity index (χ1v) is 9.19. The average Bonchev–Trinajstić information content (AvgIpc) is 3.39. The van der Waals surface area contributed by atoms with Crippen molar-refractivity contribution in [3.63, 3.8) is 0 Å². The molecular weight excluding hydrogens is 360 g/mol. The van der Waals surface area contributed by atoms with Gasteiger partial charge in [0.2, 0.25) is 0 Å². The summed E-state index contributed by atoms with van der Waals surface area (Å²) in [7, 11) is 0. The molecule has 0 aliphatic heterocycles. The molecule has 0 bridgehead atoms. The van der Waals surface area contributed by atoms with Gasteiger partial charge in [0, 0.05) is 18.0 Å². The lowest BCUT2D eigenvalue weighted by Gasteiger charge is -2.08. The second kappa shape index (κ2) is 7.84. The Morgan fingerprint density at radius 3 is 2.89 bits per heavy atom. The first-order chi connectivity index (χ1) is 13.3. The van der Waals surface area contributed by atoms with Crippen LogP contribution in [0.3, 0.4) is 0 Å². The standard InChI is InChI=1S/C20H16N4O2S/c25-20(18-12-17(23-24-18)19-8-4-10-27-19)22-14-6-3-7-16(11-14)26-13-15-5-1-2-9-21-15/h1-12H,13H2,(H,22,25)(H,23,24). The Hall–Kier alpha value is -3.45. The highest BCUT2D eigenvalue weighted by Crippen LogP contribution is 2.24. The van der Waals surface area contributed by atoms with Gasteiger partial charge in [0.25, 0.3) is 5.91 Å². The van der Waals surface area contributed by atoms with Crippen LogP contribution in [0.1, 0.15) is 16.2 Å². The summed E-state index contributed by atoms with van der Waals surface area (Å²) in [6.07, 6.45) is 1.73. The molecule has 1 aromatic carbocycles. The Balaban J connectivity index is 1.41. The number of nitrogens with zero attached hydrogens (tertiary/aromatic N) is 2. The first-order valence-electron chi connectivity index (χ1n) is 8.31. The van der Waals surface area contributed by atoms with Crippen molar-refractivity contribution >= 4 is 22.9 Å². The molecule has 3 aromatic heterocycles. The van der Waals surface area contributed by atoms with E-state index in [4.69, 9.17) is 4.74 Å². The lowest BCUT2D eigenvalue weighted by Crippen LogP contribution is -2.12. The molecule has 4 rings (SSSR count). The monoisotopic (exact) mass is 376 g/mol. The van der Waals surface area contributed by atoms with E-state index >= 15 is 0 Å². The number of benzene rings is 1. The third-order valence-electron chi connectivity index (χ3n) is 3.80. The summed E-state index contributed by atoms with van der Waals surface area (Å²) in [5.41, 5.74) is 2.63. The second-order valence-electron chi connectivity index (χ2n) is 5.74. The number of pyridine rings is 1. The van der Waals surface area contributed by atoms with Crippen LogP contribution in [0.2, 0.25) is 0 Å². The van der Waals surface area contributed by atoms with Gasteiger partial charge in [0.1, 0.15) is 12.4 Å². The first kappa shape index (κ1) is 17.0. The van der Waals surface area contributed by atoms with Gasteiger partial charge in [-0.1, -0.05) is 18.2 Å². The number of ether oxygens (including phenoxy) is 1. The molecule has 0 fully saturated rings. The summed E-state index contributed by atoms with van der Waals surface area (Å²) >= 11 is 1.59. The molecule has 0 atom stereocenters. The van der Waals surface area contributed by atoms with Crippen LogP contribution in [0, 0.1) is 0 Å². The Bertz CT molecular complexity index is 1030. The molecule has 2 N–H and O–H groups in total. The Kier molecular flexibility index (Phi) is 4.93. The predicted molar refractivity (Wildman–Crippen MR) is 105 cm³/mol. The Labute approximate surface area is 159 Å². The third-order valence-corrected chi connectivity index (χ3v) is 4.71. The smallest absolute Gasteiger partial charge is 0.276 e. The van der Waals surface area contributed by atoms with Gasteiger partial charge in [-0.25, -0.2) is 0 Å². The maximum atomic E-state index is 12.4. The van der Waals surface area contributed by atoms with Gasteiger partial charge in [0.15, 0.2) is 5.69 Å². The molecule has 0 saturated carbocycles. The zero-order valence-electron chi connectivity index (χ0n) is 14.3. The van der Waals surface area contributed by atoms with E-state index in [9.17, 15) is 4.79 Å². The van der Waals surface area contributed by atoms with Crippen LogP contribution in [0.25, 0.3) is 10.6 Å². The van der Waals surface area contributed by atoms with E-state index < -0.39 is 0 Å². The number of nitrogens with one attached hydrogen (secondary N) is 2. The largest absolute Gasteiger partial charge is 0.487 e. The van der Waals surface area contributed by atoms with Crippen LogP contribution in [-0.2, 0) is 6.61 Å². The highest BCUT2D eigenvalue weighted by molar-refractivity contribution is 7.13. The number of aromatic nitrogens is 3. The van der Waals surface area contributed by atoms with Crippen molar-refractivity contribution in [1.29, 1.82) is 0 Å². The molecule has 0 radical (unpaired) electrons. The minimum Gasteiger partial charge on any atom is -0.487 e. The number of carbonyl (C=O) groups is 1. The van der Waals surface area contributed by atoms with Crippen LogP contribution in [0.15, 0.2) is 72.2 Å². The maximum absolute atomic E-state index is 12.4. The molecule has 0 saturated heterocycles. The number of hydrogen-bond donors (Lipinski definition) is 2. The maximum Gasteiger partial charge on any atom is 0.276 e. The number of aromatic amines is 1. The summed E-state index contributed by atoms with van der Waals surface area (Å²) in [6, 6.07) is 18.6. The molecular formula is C20H16N4O2S. The van der Waals surface area contributed by atoms with E-state index in [1.54, 1.807) is 35.7 Å². The normalized spacial score (nSPS) is 10.5. The zero-order chi connectivity index (χ0) is 18.5. The van der Waals surface area contributed by atoms with Crippen molar-refractivity contribution in [3.8, 4) is 16.3 Å². The molecule has 0 unspecified atom stereocenters. The summed E-state index contributed by atoms with van der Waals surface area (Å²) in [4.78, 5) is 17.7. The number of hydrogen-bond acceptors (Lipinski definition) is 5. The average molecular weight is 376 g/mol. The van der Waals surface area contributed by atoms with Gasteiger partial charge in [-0.3, -0.25) is 14.9 Å². The van der Waals surface area contributed by atoms with Crippen LogP contribution < -0.4 is 10.1 Å². The van der Waals surface area contributed by atoms with Crippen molar-refractivity contribution < 1.29 is 9.53 Å². The van der Waals surface area contributed by atoms with E-state index in [1.165, 1.54) is 0 Å². The highest BCUT2D eigenvalue weighted by atomic mass is 32.1. The van der Waals surface area contributed by atoms with Crippen molar-refractivity contribution in [1.82, 2.24) is 15.2 Å². The lowest BCUT2D eigenvalue weighted by molar-refractivity contribution is 0.102. The summed E-state index contributed by atoms with van der Waals surface area (Å²) < 4.78 is 5.74. The van der Waals surface area contributed by atoms with Crippen molar-refractivity contribution in [3.05, 3.63) is 83.6 Å². The molecule has 0 aliphatic rings. The van der Waals surface area contributed by atoms with Gasteiger partial charge in [-0.15, -0.1) is 11.3 Å². The molecule has 6 nitrogen and oxygen atoms in total. The third kappa shape index (κ3) is 4.21. The van der Waals surface area contributed by atoms with E-state index in [0.29, 0.717) is 23.7 Å². The molecule has 0 spiro atoms. The fourth-order valence-corrected chi connectivity index (χ4v) is 3.19. The number of anilines is 1. The van der Waals surface area contributed by atoms with E-state index in [-0.39, 0.29) is 5.91 Å². The number of H-pyrrole nitrogens is 1. The zero-order valence-corrected chi connectivity index (χ0v) is 15.1. The minimum atomic E-state index is -0.282. The SMILES string of the molecule is O=C(Nc1cccc(OCc2ccccn2)c1)c1cc(-c2cccs2)[nH]n1. The predicted octanol–water partition coefficient (Wildman–Crippen LogP) is 4.36. The summed E-state index contributed by atoms with van der Waals surface area (Å²) in [5, 5.41) is 11.8. The summed E-state index contributed by atoms with van der Waals surface area (Å²) in [5.74, 6) is 0.371. The fraction of sp³-hybridized carbons (Fsp3) is 0.0500. The fourth-order valence-electron chi connectivity index (χ4n) is 2.50. The van der Waals surface area contributed by atoms with Gasteiger partial charge in [0.05, 0.1) is 16.3 Å². The number of amides is 1. The van der Waals surface area contributed by atoms with Gasteiger partial charge in [-0.2, -0.15) is 5.10 Å². The van der Waals surface area contributed by atoms with Gasteiger partial charge in [-0.05, 0) is 41.8 Å². The minimum absolute atomic E-state index is 0.282. The van der Waals surface area contributed by atoms with Crippen LogP contribution >= 0.6 is 11.3 Å². The summed E-state index contributed by atoms with van der Waals surface area (Å²) in [6.45, 7) is 0.363. The molecule has 0 aliphatic carbocycles. The molecule has 4 aromatic rings.